The van der Waals surface area contributed by atoms with E-state index in [1.807, 2.05) is 44.2 Å². The first-order valence-electron chi connectivity index (χ1n) is 9.99. The van der Waals surface area contributed by atoms with E-state index in [2.05, 4.69) is 10.1 Å². The van der Waals surface area contributed by atoms with Gasteiger partial charge in [-0.15, -0.1) is 5.10 Å². The number of carbonyl (C=O) groups is 2. The fourth-order valence-electron chi connectivity index (χ4n) is 3.25. The third-order valence-electron chi connectivity index (χ3n) is 5.11. The number of halogens is 1. The molecule has 4 aromatic rings. The summed E-state index contributed by atoms with van der Waals surface area (Å²) in [7, 11) is 0. The molecule has 0 aliphatic rings. The van der Waals surface area contributed by atoms with Gasteiger partial charge in [0.2, 0.25) is 0 Å². The highest BCUT2D eigenvalue weighted by atomic mass is 35.5. The largest absolute Gasteiger partial charge is 0.451 e. The van der Waals surface area contributed by atoms with Crippen molar-refractivity contribution >= 4 is 23.4 Å². The molecule has 0 spiro atoms. The highest BCUT2D eigenvalue weighted by Crippen LogP contribution is 2.26. The SMILES string of the molecule is Cc1cccc(-n2nc(C(=O)OCC(=O)c3ccccc3)nc2-c2cccc(Cl)c2)c1C. The van der Waals surface area contributed by atoms with E-state index in [9.17, 15) is 9.59 Å². The second-order valence-electron chi connectivity index (χ2n) is 7.27. The molecule has 7 heteroatoms. The third kappa shape index (κ3) is 4.45. The quantitative estimate of drug-likeness (QED) is 0.299. The number of Topliss-reactive ketones (excluding diaryl/α,β-unsaturated/α-hetero) is 1. The van der Waals surface area contributed by atoms with Crippen molar-refractivity contribution in [3.63, 3.8) is 0 Å². The van der Waals surface area contributed by atoms with Crippen molar-refractivity contribution in [3.05, 3.63) is 100 Å². The summed E-state index contributed by atoms with van der Waals surface area (Å²) in [6.07, 6.45) is 0. The molecule has 0 fully saturated rings. The van der Waals surface area contributed by atoms with Gasteiger partial charge in [0.25, 0.3) is 5.82 Å². The van der Waals surface area contributed by atoms with Crippen molar-refractivity contribution in [2.45, 2.75) is 13.8 Å². The lowest BCUT2D eigenvalue weighted by Crippen LogP contribution is -2.15. The van der Waals surface area contributed by atoms with E-state index in [4.69, 9.17) is 16.3 Å². The average Bonchev–Trinajstić information content (AvgIpc) is 3.25. The second-order valence-corrected chi connectivity index (χ2v) is 7.70. The maximum Gasteiger partial charge on any atom is 0.378 e. The molecule has 0 aliphatic carbocycles. The van der Waals surface area contributed by atoms with Gasteiger partial charge in [-0.1, -0.05) is 66.2 Å². The van der Waals surface area contributed by atoms with Crippen LogP contribution in [0.1, 0.15) is 32.1 Å². The fourth-order valence-corrected chi connectivity index (χ4v) is 3.44. The lowest BCUT2D eigenvalue weighted by Gasteiger charge is -2.11. The Morgan fingerprint density at radius 2 is 1.72 bits per heavy atom. The van der Waals surface area contributed by atoms with Crippen molar-refractivity contribution in [1.29, 1.82) is 0 Å². The lowest BCUT2D eigenvalue weighted by atomic mass is 10.1. The molecule has 1 aromatic heterocycles. The summed E-state index contributed by atoms with van der Waals surface area (Å²) in [4.78, 5) is 29.4. The molecule has 3 aromatic carbocycles. The van der Waals surface area contributed by atoms with Crippen LogP contribution in [-0.4, -0.2) is 33.1 Å². The molecule has 0 saturated heterocycles. The predicted molar refractivity (Wildman–Crippen MR) is 122 cm³/mol. The number of hydrogen-bond acceptors (Lipinski definition) is 5. The number of esters is 1. The summed E-state index contributed by atoms with van der Waals surface area (Å²) in [6, 6.07) is 21.6. The van der Waals surface area contributed by atoms with Crippen LogP contribution in [0.2, 0.25) is 5.02 Å². The summed E-state index contributed by atoms with van der Waals surface area (Å²) in [6.45, 7) is 3.58. The van der Waals surface area contributed by atoms with Crippen LogP contribution in [-0.2, 0) is 4.74 Å². The number of carbonyl (C=O) groups excluding carboxylic acids is 2. The molecule has 0 saturated carbocycles. The molecular formula is C25H20ClN3O3. The monoisotopic (exact) mass is 445 g/mol. The van der Waals surface area contributed by atoms with Gasteiger partial charge in [0, 0.05) is 16.1 Å². The zero-order valence-electron chi connectivity index (χ0n) is 17.6. The van der Waals surface area contributed by atoms with Crippen LogP contribution >= 0.6 is 11.6 Å². The lowest BCUT2D eigenvalue weighted by molar-refractivity contribution is 0.0462. The van der Waals surface area contributed by atoms with Gasteiger partial charge in [0.1, 0.15) is 0 Å². The minimum atomic E-state index is -0.776. The van der Waals surface area contributed by atoms with Crippen LogP contribution in [0.5, 0.6) is 0 Å². The van der Waals surface area contributed by atoms with E-state index < -0.39 is 12.6 Å². The van der Waals surface area contributed by atoms with Gasteiger partial charge in [-0.2, -0.15) is 0 Å². The Morgan fingerprint density at radius 3 is 2.47 bits per heavy atom. The first kappa shape index (κ1) is 21.5. The van der Waals surface area contributed by atoms with Gasteiger partial charge in [-0.25, -0.2) is 14.5 Å². The van der Waals surface area contributed by atoms with Crippen molar-refractivity contribution in [1.82, 2.24) is 14.8 Å². The van der Waals surface area contributed by atoms with Crippen LogP contribution in [0.3, 0.4) is 0 Å². The number of ether oxygens (including phenoxy) is 1. The van der Waals surface area contributed by atoms with Crippen LogP contribution in [0.4, 0.5) is 0 Å². The highest BCUT2D eigenvalue weighted by molar-refractivity contribution is 6.30. The maximum absolute atomic E-state index is 12.7. The number of aryl methyl sites for hydroxylation is 1. The van der Waals surface area contributed by atoms with E-state index in [1.54, 1.807) is 47.1 Å². The minimum Gasteiger partial charge on any atom is -0.451 e. The van der Waals surface area contributed by atoms with Gasteiger partial charge in [-0.05, 0) is 43.2 Å². The molecule has 0 unspecified atom stereocenters. The van der Waals surface area contributed by atoms with Crippen LogP contribution in [0, 0.1) is 13.8 Å². The van der Waals surface area contributed by atoms with E-state index in [0.29, 0.717) is 22.0 Å². The molecule has 0 radical (unpaired) electrons. The van der Waals surface area contributed by atoms with E-state index in [-0.39, 0.29) is 11.6 Å². The predicted octanol–water partition coefficient (Wildman–Crippen LogP) is 5.24. The Balaban J connectivity index is 1.68. The molecular weight excluding hydrogens is 426 g/mol. The summed E-state index contributed by atoms with van der Waals surface area (Å²) in [5.41, 5.74) is 4.03. The molecule has 0 amide bonds. The van der Waals surface area contributed by atoms with Gasteiger partial charge >= 0.3 is 5.97 Å². The Hall–Kier alpha value is -3.77. The minimum absolute atomic E-state index is 0.137. The maximum atomic E-state index is 12.7. The normalized spacial score (nSPS) is 10.7. The van der Waals surface area contributed by atoms with Gasteiger partial charge in [0.15, 0.2) is 18.2 Å². The Labute approximate surface area is 190 Å². The average molecular weight is 446 g/mol. The standard InChI is InChI=1S/C25H20ClN3O3/c1-16-8-6-13-21(17(16)2)29-24(19-11-7-12-20(26)14-19)27-23(28-29)25(31)32-15-22(30)18-9-4-3-5-10-18/h3-14H,15H2,1-2H3. The van der Waals surface area contributed by atoms with Crippen molar-refractivity contribution < 1.29 is 14.3 Å². The Kier molecular flexibility index (Phi) is 6.14. The molecule has 160 valence electrons. The third-order valence-corrected chi connectivity index (χ3v) is 5.34. The summed E-state index contributed by atoms with van der Waals surface area (Å²) < 4.78 is 6.81. The number of ketones is 1. The number of nitrogens with zero attached hydrogens (tertiary/aromatic N) is 3. The van der Waals surface area contributed by atoms with Crippen LogP contribution in [0.25, 0.3) is 17.1 Å². The van der Waals surface area contributed by atoms with Crippen molar-refractivity contribution in [2.24, 2.45) is 0 Å². The van der Waals surface area contributed by atoms with Gasteiger partial charge < -0.3 is 4.74 Å². The van der Waals surface area contributed by atoms with Gasteiger partial charge in [0.05, 0.1) is 5.69 Å². The highest BCUT2D eigenvalue weighted by Gasteiger charge is 2.22. The summed E-state index contributed by atoms with van der Waals surface area (Å²) >= 11 is 6.18. The smallest absolute Gasteiger partial charge is 0.378 e. The number of benzene rings is 3. The zero-order chi connectivity index (χ0) is 22.7. The molecule has 1 heterocycles. The molecule has 0 atom stereocenters. The second kappa shape index (κ2) is 9.16. The summed E-state index contributed by atoms with van der Waals surface area (Å²) in [5.74, 6) is -0.770. The van der Waals surface area contributed by atoms with Crippen LogP contribution < -0.4 is 0 Å². The molecule has 0 aliphatic heterocycles. The Bertz CT molecular complexity index is 1300. The molecule has 6 nitrogen and oxygen atoms in total. The van der Waals surface area contributed by atoms with Crippen LogP contribution in [0.15, 0.2) is 72.8 Å². The number of rotatable bonds is 6. The molecule has 32 heavy (non-hydrogen) atoms. The van der Waals surface area contributed by atoms with Crippen molar-refractivity contribution in [2.75, 3.05) is 6.61 Å². The number of aromatic nitrogens is 3. The molecule has 0 N–H and O–H groups in total. The van der Waals surface area contributed by atoms with Crippen molar-refractivity contribution in [3.8, 4) is 17.1 Å². The number of hydrogen-bond donors (Lipinski definition) is 0. The van der Waals surface area contributed by atoms with E-state index >= 15 is 0 Å². The van der Waals surface area contributed by atoms with Gasteiger partial charge in [-0.3, -0.25) is 4.79 Å². The Morgan fingerprint density at radius 1 is 0.969 bits per heavy atom. The first-order valence-corrected chi connectivity index (χ1v) is 10.4. The van der Waals surface area contributed by atoms with E-state index in [1.165, 1.54) is 0 Å². The topological polar surface area (TPSA) is 74.1 Å². The fraction of sp³-hybridized carbons (Fsp3) is 0.120. The summed E-state index contributed by atoms with van der Waals surface area (Å²) in [5, 5.41) is 4.95. The first-order chi connectivity index (χ1) is 15.4. The van der Waals surface area contributed by atoms with E-state index in [0.717, 1.165) is 16.8 Å². The molecule has 4 rings (SSSR count). The molecule has 0 bridgehead atoms. The zero-order valence-corrected chi connectivity index (χ0v) is 18.3.